The number of rotatable bonds is 1. The fourth-order valence-electron chi connectivity index (χ4n) is 1.97. The van der Waals surface area contributed by atoms with Crippen LogP contribution in [0.4, 0.5) is 5.69 Å². The van der Waals surface area contributed by atoms with E-state index in [0.29, 0.717) is 5.69 Å². The van der Waals surface area contributed by atoms with Gasteiger partial charge in [-0.2, -0.15) is 0 Å². The highest BCUT2D eigenvalue weighted by atomic mass is 35.5. The molecular weight excluding hydrogens is 246 g/mol. The van der Waals surface area contributed by atoms with Gasteiger partial charge in [0.05, 0.1) is 11.2 Å². The zero-order valence-electron chi connectivity index (χ0n) is 9.47. The smallest absolute Gasteiger partial charge is 0.223 e. The Balaban J connectivity index is 2.39. The molecule has 0 amide bonds. The Labute approximate surface area is 109 Å². The highest BCUT2D eigenvalue weighted by molar-refractivity contribution is 6.28. The van der Waals surface area contributed by atoms with Gasteiger partial charge < -0.3 is 5.73 Å². The summed E-state index contributed by atoms with van der Waals surface area (Å²) in [5.41, 5.74) is 9.12. The molecule has 3 rings (SSSR count). The van der Waals surface area contributed by atoms with Crippen LogP contribution in [0, 0.1) is 0 Å². The lowest BCUT2D eigenvalue weighted by Crippen LogP contribution is -1.95. The second-order valence-corrected chi connectivity index (χ2v) is 4.28. The van der Waals surface area contributed by atoms with Crippen LogP contribution in [0.3, 0.4) is 0 Å². The lowest BCUT2D eigenvalue weighted by atomic mass is 10.1. The van der Waals surface area contributed by atoms with Crippen LogP contribution in [0.1, 0.15) is 0 Å². The largest absolute Gasteiger partial charge is 0.398 e. The second-order valence-electron chi connectivity index (χ2n) is 3.95. The van der Waals surface area contributed by atoms with Crippen LogP contribution in [0.15, 0.2) is 48.5 Å². The SMILES string of the molecule is Nc1ccccc1-c1nc(Cl)nc2ccccc12. The van der Waals surface area contributed by atoms with Gasteiger partial charge in [0.2, 0.25) is 5.28 Å². The summed E-state index contributed by atoms with van der Waals surface area (Å²) in [6, 6.07) is 15.3. The first-order valence-electron chi connectivity index (χ1n) is 5.53. The summed E-state index contributed by atoms with van der Waals surface area (Å²) in [6.07, 6.45) is 0. The highest BCUT2D eigenvalue weighted by Gasteiger charge is 2.10. The zero-order chi connectivity index (χ0) is 12.5. The van der Waals surface area contributed by atoms with Crippen LogP contribution in [-0.2, 0) is 0 Å². The maximum atomic E-state index is 5.99. The topological polar surface area (TPSA) is 51.8 Å². The number of aromatic nitrogens is 2. The summed E-state index contributed by atoms with van der Waals surface area (Å²) >= 11 is 5.96. The Morgan fingerprint density at radius 1 is 0.889 bits per heavy atom. The second kappa shape index (κ2) is 4.27. The maximum absolute atomic E-state index is 5.99. The molecule has 0 unspecified atom stereocenters. The van der Waals surface area contributed by atoms with Gasteiger partial charge in [0.25, 0.3) is 0 Å². The molecule has 18 heavy (non-hydrogen) atoms. The molecule has 3 aromatic rings. The number of anilines is 1. The summed E-state index contributed by atoms with van der Waals surface area (Å²) in [7, 11) is 0. The van der Waals surface area contributed by atoms with Gasteiger partial charge in [0.15, 0.2) is 0 Å². The third-order valence-corrected chi connectivity index (χ3v) is 2.96. The van der Waals surface area contributed by atoms with E-state index in [0.717, 1.165) is 22.2 Å². The third kappa shape index (κ3) is 1.79. The lowest BCUT2D eigenvalue weighted by Gasteiger charge is -2.08. The monoisotopic (exact) mass is 255 g/mol. The van der Waals surface area contributed by atoms with Crippen LogP contribution < -0.4 is 5.73 Å². The van der Waals surface area contributed by atoms with E-state index in [4.69, 9.17) is 17.3 Å². The average Bonchev–Trinajstić information content (AvgIpc) is 2.38. The summed E-state index contributed by atoms with van der Waals surface area (Å²) in [4.78, 5) is 8.51. The third-order valence-electron chi connectivity index (χ3n) is 2.79. The molecular formula is C14H10ClN3. The number of hydrogen-bond acceptors (Lipinski definition) is 3. The molecule has 2 N–H and O–H groups in total. The standard InChI is InChI=1S/C14H10ClN3/c15-14-17-12-8-4-2-6-10(12)13(18-14)9-5-1-3-7-11(9)16/h1-8H,16H2. The number of fused-ring (bicyclic) bond motifs is 1. The number of benzene rings is 2. The van der Waals surface area contributed by atoms with Gasteiger partial charge in [-0.25, -0.2) is 9.97 Å². The molecule has 0 saturated heterocycles. The predicted molar refractivity (Wildman–Crippen MR) is 74.4 cm³/mol. The van der Waals surface area contributed by atoms with Crippen molar-refractivity contribution < 1.29 is 0 Å². The molecule has 0 spiro atoms. The molecule has 3 nitrogen and oxygen atoms in total. The molecule has 0 saturated carbocycles. The van der Waals surface area contributed by atoms with E-state index in [2.05, 4.69) is 9.97 Å². The molecule has 0 radical (unpaired) electrons. The molecule has 0 aliphatic heterocycles. The Morgan fingerprint density at radius 2 is 1.61 bits per heavy atom. The number of nitrogens with zero attached hydrogens (tertiary/aromatic N) is 2. The molecule has 1 heterocycles. The minimum absolute atomic E-state index is 0.229. The van der Waals surface area contributed by atoms with Crippen molar-refractivity contribution >= 4 is 28.2 Å². The normalized spacial score (nSPS) is 10.7. The van der Waals surface area contributed by atoms with Gasteiger partial charge in [-0.15, -0.1) is 0 Å². The first-order valence-corrected chi connectivity index (χ1v) is 5.90. The van der Waals surface area contributed by atoms with Crippen LogP contribution >= 0.6 is 11.6 Å². The van der Waals surface area contributed by atoms with E-state index in [1.807, 2.05) is 48.5 Å². The summed E-state index contributed by atoms with van der Waals surface area (Å²) in [5, 5.41) is 1.17. The van der Waals surface area contributed by atoms with E-state index < -0.39 is 0 Å². The fourth-order valence-corrected chi connectivity index (χ4v) is 2.14. The van der Waals surface area contributed by atoms with Gasteiger partial charge >= 0.3 is 0 Å². The predicted octanol–water partition coefficient (Wildman–Crippen LogP) is 3.53. The van der Waals surface area contributed by atoms with Crippen molar-refractivity contribution in [1.29, 1.82) is 0 Å². The van der Waals surface area contributed by atoms with E-state index in [1.165, 1.54) is 0 Å². The van der Waals surface area contributed by atoms with Crippen molar-refractivity contribution in [2.45, 2.75) is 0 Å². The van der Waals surface area contributed by atoms with Crippen LogP contribution in [0.25, 0.3) is 22.2 Å². The number of para-hydroxylation sites is 2. The number of nitrogens with two attached hydrogens (primary N) is 1. The molecule has 0 aliphatic carbocycles. The molecule has 0 fully saturated rings. The molecule has 88 valence electrons. The Morgan fingerprint density at radius 3 is 2.44 bits per heavy atom. The van der Waals surface area contributed by atoms with Gasteiger partial charge in [-0.05, 0) is 23.7 Å². The van der Waals surface area contributed by atoms with Gasteiger partial charge in [0.1, 0.15) is 0 Å². The molecule has 1 aromatic heterocycles. The van der Waals surface area contributed by atoms with E-state index in [1.54, 1.807) is 0 Å². The van der Waals surface area contributed by atoms with Crippen LogP contribution in [-0.4, -0.2) is 9.97 Å². The molecule has 2 aromatic carbocycles. The van der Waals surface area contributed by atoms with Gasteiger partial charge in [-0.1, -0.05) is 36.4 Å². The van der Waals surface area contributed by atoms with Crippen molar-refractivity contribution in [2.24, 2.45) is 0 Å². The number of hydrogen-bond donors (Lipinski definition) is 1. The molecule has 0 aliphatic rings. The quantitative estimate of drug-likeness (QED) is 0.535. The lowest BCUT2D eigenvalue weighted by molar-refractivity contribution is 1.22. The minimum Gasteiger partial charge on any atom is -0.398 e. The van der Waals surface area contributed by atoms with E-state index in [-0.39, 0.29) is 5.28 Å². The minimum atomic E-state index is 0.229. The van der Waals surface area contributed by atoms with Crippen molar-refractivity contribution in [2.75, 3.05) is 5.73 Å². The number of halogens is 1. The van der Waals surface area contributed by atoms with Crippen molar-refractivity contribution in [3.05, 3.63) is 53.8 Å². The highest BCUT2D eigenvalue weighted by Crippen LogP contribution is 2.30. The summed E-state index contributed by atoms with van der Waals surface area (Å²) in [5.74, 6) is 0. The first-order chi connectivity index (χ1) is 8.75. The van der Waals surface area contributed by atoms with E-state index in [9.17, 15) is 0 Å². The maximum Gasteiger partial charge on any atom is 0.223 e. The zero-order valence-corrected chi connectivity index (χ0v) is 10.2. The molecule has 0 atom stereocenters. The molecule has 0 bridgehead atoms. The average molecular weight is 256 g/mol. The Hall–Kier alpha value is -2.13. The van der Waals surface area contributed by atoms with Crippen molar-refractivity contribution in [3.63, 3.8) is 0 Å². The Kier molecular flexibility index (Phi) is 2.61. The number of nitrogen functional groups attached to an aromatic ring is 1. The van der Waals surface area contributed by atoms with E-state index >= 15 is 0 Å². The first kappa shape index (κ1) is 11.0. The molecule has 4 heteroatoms. The summed E-state index contributed by atoms with van der Waals surface area (Å²) < 4.78 is 0. The van der Waals surface area contributed by atoms with Gasteiger partial charge in [-0.3, -0.25) is 0 Å². The van der Waals surface area contributed by atoms with Crippen LogP contribution in [0.2, 0.25) is 5.28 Å². The van der Waals surface area contributed by atoms with Crippen molar-refractivity contribution in [1.82, 2.24) is 9.97 Å². The summed E-state index contributed by atoms with van der Waals surface area (Å²) in [6.45, 7) is 0. The Bertz CT molecular complexity index is 725. The fraction of sp³-hybridized carbons (Fsp3) is 0. The van der Waals surface area contributed by atoms with Crippen molar-refractivity contribution in [3.8, 4) is 11.3 Å². The van der Waals surface area contributed by atoms with Gasteiger partial charge in [0, 0.05) is 16.6 Å². The van der Waals surface area contributed by atoms with Crippen LogP contribution in [0.5, 0.6) is 0 Å².